The molecule has 0 heterocycles. The van der Waals surface area contributed by atoms with Gasteiger partial charge in [0, 0.05) is 6.04 Å². The third-order valence-electron chi connectivity index (χ3n) is 4.21. The standard InChI is InChI=1S/C10H17N/c11-10-8-4-3-7(5-8)9(10)6-1-2-6/h6-10H,1-5,11H2/t7-,8+,9+,10+/m0/s1. The SMILES string of the molecule is N[C@@H]1[C@@H]2CC[C@@H](C2)[C@H]1C1CC1. The molecule has 0 aromatic carbocycles. The molecule has 1 heteroatoms. The third kappa shape index (κ3) is 0.807. The van der Waals surface area contributed by atoms with Gasteiger partial charge in [0.05, 0.1) is 0 Å². The summed E-state index contributed by atoms with van der Waals surface area (Å²) in [5.74, 6) is 3.97. The summed E-state index contributed by atoms with van der Waals surface area (Å²) in [5.41, 5.74) is 6.21. The van der Waals surface area contributed by atoms with Gasteiger partial charge in [-0.3, -0.25) is 0 Å². The van der Waals surface area contributed by atoms with Gasteiger partial charge in [-0.2, -0.15) is 0 Å². The van der Waals surface area contributed by atoms with Crippen LogP contribution >= 0.6 is 0 Å². The molecule has 11 heavy (non-hydrogen) atoms. The number of nitrogens with two attached hydrogens (primary N) is 1. The van der Waals surface area contributed by atoms with E-state index in [2.05, 4.69) is 0 Å². The number of fused-ring (bicyclic) bond motifs is 2. The largest absolute Gasteiger partial charge is 0.327 e. The number of hydrogen-bond acceptors (Lipinski definition) is 1. The van der Waals surface area contributed by atoms with Crippen molar-refractivity contribution in [3.8, 4) is 0 Å². The van der Waals surface area contributed by atoms with E-state index in [9.17, 15) is 0 Å². The summed E-state index contributed by atoms with van der Waals surface area (Å²) in [6, 6.07) is 0.598. The molecule has 3 fully saturated rings. The van der Waals surface area contributed by atoms with Crippen LogP contribution in [0.15, 0.2) is 0 Å². The van der Waals surface area contributed by atoms with Crippen molar-refractivity contribution in [2.45, 2.75) is 38.1 Å². The van der Waals surface area contributed by atoms with Gasteiger partial charge in [-0.15, -0.1) is 0 Å². The highest BCUT2D eigenvalue weighted by molar-refractivity contribution is 5.03. The Balaban J connectivity index is 1.82. The Morgan fingerprint density at radius 2 is 1.45 bits per heavy atom. The first-order chi connectivity index (χ1) is 5.36. The summed E-state index contributed by atoms with van der Waals surface area (Å²) in [5, 5.41) is 0. The van der Waals surface area contributed by atoms with Crippen LogP contribution in [0.5, 0.6) is 0 Å². The minimum Gasteiger partial charge on any atom is -0.327 e. The molecular weight excluding hydrogens is 134 g/mol. The van der Waals surface area contributed by atoms with Gasteiger partial charge < -0.3 is 5.73 Å². The predicted octanol–water partition coefficient (Wildman–Crippen LogP) is 1.77. The summed E-state index contributed by atoms with van der Waals surface area (Å²) >= 11 is 0. The maximum absolute atomic E-state index is 6.21. The predicted molar refractivity (Wildman–Crippen MR) is 45.0 cm³/mol. The second-order valence-corrected chi connectivity index (χ2v) is 4.83. The van der Waals surface area contributed by atoms with E-state index in [1.165, 1.54) is 32.1 Å². The Hall–Kier alpha value is -0.0400. The molecule has 62 valence electrons. The average molecular weight is 151 g/mol. The molecule has 2 bridgehead atoms. The van der Waals surface area contributed by atoms with Crippen molar-refractivity contribution in [1.82, 2.24) is 0 Å². The number of hydrogen-bond donors (Lipinski definition) is 1. The summed E-state index contributed by atoms with van der Waals surface area (Å²) in [6.07, 6.45) is 7.39. The van der Waals surface area contributed by atoms with Crippen LogP contribution < -0.4 is 5.73 Å². The lowest BCUT2D eigenvalue weighted by Gasteiger charge is -2.27. The highest BCUT2D eigenvalue weighted by atomic mass is 14.8. The smallest absolute Gasteiger partial charge is 0.0101 e. The van der Waals surface area contributed by atoms with E-state index in [-0.39, 0.29) is 0 Å². The molecule has 0 radical (unpaired) electrons. The number of rotatable bonds is 1. The fourth-order valence-corrected chi connectivity index (χ4v) is 3.56. The van der Waals surface area contributed by atoms with E-state index in [4.69, 9.17) is 5.73 Å². The lowest BCUT2D eigenvalue weighted by atomic mass is 9.82. The van der Waals surface area contributed by atoms with Crippen LogP contribution in [0.2, 0.25) is 0 Å². The molecular formula is C10H17N. The maximum atomic E-state index is 6.21. The van der Waals surface area contributed by atoms with Gasteiger partial charge in [-0.1, -0.05) is 0 Å². The van der Waals surface area contributed by atoms with Crippen molar-refractivity contribution >= 4 is 0 Å². The van der Waals surface area contributed by atoms with Crippen molar-refractivity contribution in [1.29, 1.82) is 0 Å². The molecule has 0 unspecified atom stereocenters. The first-order valence-electron chi connectivity index (χ1n) is 5.12. The molecule has 3 saturated carbocycles. The van der Waals surface area contributed by atoms with Crippen LogP contribution in [0.1, 0.15) is 32.1 Å². The molecule has 4 atom stereocenters. The van der Waals surface area contributed by atoms with Gasteiger partial charge in [0.15, 0.2) is 0 Å². The summed E-state index contributed by atoms with van der Waals surface area (Å²) in [4.78, 5) is 0. The Labute approximate surface area is 68.3 Å². The highest BCUT2D eigenvalue weighted by Gasteiger charge is 2.51. The lowest BCUT2D eigenvalue weighted by Crippen LogP contribution is -2.36. The molecule has 3 aliphatic carbocycles. The zero-order valence-electron chi connectivity index (χ0n) is 7.00. The maximum Gasteiger partial charge on any atom is 0.0101 e. The van der Waals surface area contributed by atoms with Gasteiger partial charge in [0.2, 0.25) is 0 Å². The minimum absolute atomic E-state index is 0.598. The van der Waals surface area contributed by atoms with E-state index >= 15 is 0 Å². The monoisotopic (exact) mass is 151 g/mol. The van der Waals surface area contributed by atoms with Crippen LogP contribution in [0.3, 0.4) is 0 Å². The van der Waals surface area contributed by atoms with Gasteiger partial charge in [0.1, 0.15) is 0 Å². The van der Waals surface area contributed by atoms with E-state index < -0.39 is 0 Å². The van der Waals surface area contributed by atoms with Crippen LogP contribution in [-0.4, -0.2) is 6.04 Å². The molecule has 2 N–H and O–H groups in total. The summed E-state index contributed by atoms with van der Waals surface area (Å²) in [6.45, 7) is 0. The van der Waals surface area contributed by atoms with Crippen LogP contribution in [0, 0.1) is 23.7 Å². The van der Waals surface area contributed by atoms with Gasteiger partial charge in [-0.05, 0) is 55.8 Å². The first kappa shape index (κ1) is 6.47. The Morgan fingerprint density at radius 3 is 2.00 bits per heavy atom. The molecule has 0 amide bonds. The lowest BCUT2D eigenvalue weighted by molar-refractivity contribution is 0.258. The van der Waals surface area contributed by atoms with E-state index in [0.717, 1.165) is 23.7 Å². The average Bonchev–Trinajstić information content (AvgIpc) is 2.62. The van der Waals surface area contributed by atoms with Crippen molar-refractivity contribution < 1.29 is 0 Å². The fourth-order valence-electron chi connectivity index (χ4n) is 3.56. The van der Waals surface area contributed by atoms with E-state index in [1.54, 1.807) is 0 Å². The van der Waals surface area contributed by atoms with E-state index in [0.29, 0.717) is 6.04 Å². The van der Waals surface area contributed by atoms with Gasteiger partial charge >= 0.3 is 0 Å². The van der Waals surface area contributed by atoms with Crippen LogP contribution in [0.25, 0.3) is 0 Å². The van der Waals surface area contributed by atoms with Crippen molar-refractivity contribution in [2.24, 2.45) is 29.4 Å². The third-order valence-corrected chi connectivity index (χ3v) is 4.21. The zero-order chi connectivity index (χ0) is 7.42. The Bertz CT molecular complexity index is 172. The van der Waals surface area contributed by atoms with Gasteiger partial charge in [-0.25, -0.2) is 0 Å². The summed E-state index contributed by atoms with van der Waals surface area (Å²) in [7, 11) is 0. The second-order valence-electron chi connectivity index (χ2n) is 4.83. The molecule has 0 saturated heterocycles. The molecule has 0 aromatic heterocycles. The second kappa shape index (κ2) is 2.01. The minimum atomic E-state index is 0.598. The van der Waals surface area contributed by atoms with Crippen molar-refractivity contribution in [2.75, 3.05) is 0 Å². The molecule has 3 rings (SSSR count). The molecule has 1 nitrogen and oxygen atoms in total. The molecule has 0 spiro atoms. The van der Waals surface area contributed by atoms with Crippen molar-refractivity contribution in [3.05, 3.63) is 0 Å². The Kier molecular flexibility index (Phi) is 1.18. The van der Waals surface area contributed by atoms with Gasteiger partial charge in [0.25, 0.3) is 0 Å². The Morgan fingerprint density at radius 1 is 0.818 bits per heavy atom. The topological polar surface area (TPSA) is 26.0 Å². The van der Waals surface area contributed by atoms with Crippen molar-refractivity contribution in [3.63, 3.8) is 0 Å². The molecule has 0 aromatic rings. The van der Waals surface area contributed by atoms with Crippen LogP contribution in [-0.2, 0) is 0 Å². The molecule has 0 aliphatic heterocycles. The fraction of sp³-hybridized carbons (Fsp3) is 1.00. The summed E-state index contributed by atoms with van der Waals surface area (Å²) < 4.78 is 0. The van der Waals surface area contributed by atoms with Crippen LogP contribution in [0.4, 0.5) is 0 Å². The zero-order valence-corrected chi connectivity index (χ0v) is 7.00. The normalized spacial score (nSPS) is 55.4. The quantitative estimate of drug-likeness (QED) is 0.607. The highest BCUT2D eigenvalue weighted by Crippen LogP contribution is 2.55. The first-order valence-corrected chi connectivity index (χ1v) is 5.12. The molecule has 3 aliphatic rings. The van der Waals surface area contributed by atoms with E-state index in [1.807, 2.05) is 0 Å².